The first-order chi connectivity index (χ1) is 15.7. The van der Waals surface area contributed by atoms with Crippen LogP contribution in [0.4, 0.5) is 10.1 Å². The third kappa shape index (κ3) is 5.40. The molecule has 2 aliphatic heterocycles. The number of anilines is 1. The molecule has 176 valence electrons. The Morgan fingerprint density at radius 2 is 2.03 bits per heavy atom. The van der Waals surface area contributed by atoms with E-state index in [1.54, 1.807) is 50.2 Å². The van der Waals surface area contributed by atoms with Crippen molar-refractivity contribution in [2.45, 2.75) is 39.8 Å². The zero-order valence-corrected chi connectivity index (χ0v) is 19.6. The first kappa shape index (κ1) is 24.4. The average molecular weight is 456 g/mol. The van der Waals surface area contributed by atoms with Crippen LogP contribution < -0.4 is 15.4 Å². The molecule has 0 saturated heterocycles. The van der Waals surface area contributed by atoms with E-state index in [0.717, 1.165) is 11.1 Å². The van der Waals surface area contributed by atoms with Crippen molar-refractivity contribution in [2.24, 2.45) is 0 Å². The number of ether oxygens (including phenoxy) is 1. The minimum absolute atomic E-state index is 0.0577. The molecule has 0 bridgehead atoms. The lowest BCUT2D eigenvalue weighted by Crippen LogP contribution is -2.46. The highest BCUT2D eigenvalue weighted by Gasteiger charge is 2.37. The minimum Gasteiger partial charge on any atom is -0.476 e. The molecule has 1 aromatic carbocycles. The molecule has 0 spiro atoms. The van der Waals surface area contributed by atoms with Gasteiger partial charge in [-0.3, -0.25) is 14.4 Å². The molecule has 2 amide bonds. The van der Waals surface area contributed by atoms with Crippen LogP contribution in [0.3, 0.4) is 0 Å². The van der Waals surface area contributed by atoms with E-state index in [2.05, 4.69) is 10.6 Å². The maximum Gasteiger partial charge on any atom is 0.268 e. The van der Waals surface area contributed by atoms with Crippen molar-refractivity contribution in [3.63, 3.8) is 0 Å². The number of fused-ring (bicyclic) bond motifs is 1. The van der Waals surface area contributed by atoms with Crippen LogP contribution >= 0.6 is 0 Å². The van der Waals surface area contributed by atoms with Crippen molar-refractivity contribution in [3.05, 3.63) is 70.6 Å². The number of nitrogens with one attached hydrogen (secondary N) is 2. The number of hydroxylamine groups is 2. The predicted molar refractivity (Wildman–Crippen MR) is 125 cm³/mol. The molecule has 0 radical (unpaired) electrons. The molecule has 0 unspecified atom stereocenters. The van der Waals surface area contributed by atoms with Crippen molar-refractivity contribution in [1.29, 1.82) is 0 Å². The fourth-order valence-electron chi connectivity index (χ4n) is 3.51. The van der Waals surface area contributed by atoms with Crippen LogP contribution in [0.5, 0.6) is 5.75 Å². The smallest absolute Gasteiger partial charge is 0.268 e. The van der Waals surface area contributed by atoms with E-state index >= 15 is 4.39 Å². The molecule has 8 heteroatoms. The number of nitrogens with zero attached hydrogens (tertiary/aromatic N) is 1. The summed E-state index contributed by atoms with van der Waals surface area (Å²) in [5.74, 6) is -0.761. The third-order valence-electron chi connectivity index (χ3n) is 5.55. The van der Waals surface area contributed by atoms with Crippen LogP contribution in [0.2, 0.25) is 0 Å². The van der Waals surface area contributed by atoms with Gasteiger partial charge in [0.05, 0.1) is 13.2 Å². The summed E-state index contributed by atoms with van der Waals surface area (Å²) in [6, 6.07) is 3.30. The summed E-state index contributed by atoms with van der Waals surface area (Å²) >= 11 is 0. The molecule has 0 aliphatic carbocycles. The molecule has 2 N–H and O–H groups in total. The number of hydrogen-bond acceptors (Lipinski definition) is 5. The summed E-state index contributed by atoms with van der Waals surface area (Å²) in [5, 5.41) is 6.87. The van der Waals surface area contributed by atoms with Gasteiger partial charge in [0, 0.05) is 24.7 Å². The standard InChI is InChI=1S/C25H30FN3O4/c1-6-16(8-9-17(7-2)23(30)27-5)19-12-13-29(32-15-19)14-18-10-11-20-22(21(18)26)28-24(31)25(3,4)33-20/h6-12H,13-15H2,1-5H3,(H,27,30)(H,28,31)/b9-8-,16-6+,17-7-. The zero-order valence-electron chi connectivity index (χ0n) is 19.6. The molecule has 3 rings (SSSR count). The first-order valence-corrected chi connectivity index (χ1v) is 10.8. The number of amides is 2. The fraction of sp³-hybridized carbons (Fsp3) is 0.360. The van der Waals surface area contributed by atoms with Crippen molar-refractivity contribution in [3.8, 4) is 5.75 Å². The van der Waals surface area contributed by atoms with E-state index in [4.69, 9.17) is 9.57 Å². The Morgan fingerprint density at radius 3 is 2.64 bits per heavy atom. The monoisotopic (exact) mass is 455 g/mol. The Bertz CT molecular complexity index is 1070. The molecule has 33 heavy (non-hydrogen) atoms. The number of carbonyl (C=O) groups excluding carboxylic acids is 2. The zero-order chi connectivity index (χ0) is 24.2. The topological polar surface area (TPSA) is 79.9 Å². The molecule has 1 aromatic rings. The van der Waals surface area contributed by atoms with Gasteiger partial charge in [-0.05, 0) is 51.0 Å². The van der Waals surface area contributed by atoms with Gasteiger partial charge in [0.15, 0.2) is 11.4 Å². The lowest BCUT2D eigenvalue weighted by Gasteiger charge is -2.32. The summed E-state index contributed by atoms with van der Waals surface area (Å²) < 4.78 is 20.7. The average Bonchev–Trinajstić information content (AvgIpc) is 2.80. The maximum absolute atomic E-state index is 15.0. The van der Waals surface area contributed by atoms with E-state index in [1.807, 2.05) is 32.1 Å². The second kappa shape index (κ2) is 10.1. The number of benzene rings is 1. The number of allylic oxidation sites excluding steroid dienone is 3. The number of hydrogen-bond donors (Lipinski definition) is 2. The van der Waals surface area contributed by atoms with Gasteiger partial charge in [-0.1, -0.05) is 30.4 Å². The fourth-order valence-corrected chi connectivity index (χ4v) is 3.51. The van der Waals surface area contributed by atoms with Gasteiger partial charge in [-0.2, -0.15) is 5.06 Å². The Morgan fingerprint density at radius 1 is 1.27 bits per heavy atom. The van der Waals surface area contributed by atoms with Crippen LogP contribution in [-0.2, 0) is 21.0 Å². The van der Waals surface area contributed by atoms with E-state index in [0.29, 0.717) is 30.0 Å². The van der Waals surface area contributed by atoms with Gasteiger partial charge in [0.25, 0.3) is 11.8 Å². The van der Waals surface area contributed by atoms with E-state index in [-0.39, 0.29) is 18.1 Å². The lowest BCUT2D eigenvalue weighted by atomic mass is 10.0. The second-order valence-electron chi connectivity index (χ2n) is 8.20. The molecule has 0 atom stereocenters. The summed E-state index contributed by atoms with van der Waals surface area (Å²) in [6.07, 6.45) is 9.36. The van der Waals surface area contributed by atoms with Crippen LogP contribution in [0.25, 0.3) is 0 Å². The molecule has 0 fully saturated rings. The Hall–Kier alpha value is -3.23. The molecule has 0 saturated carbocycles. The van der Waals surface area contributed by atoms with Crippen molar-refractivity contribution in [1.82, 2.24) is 10.4 Å². The first-order valence-electron chi connectivity index (χ1n) is 10.8. The molecule has 0 aromatic heterocycles. The summed E-state index contributed by atoms with van der Waals surface area (Å²) in [6.45, 7) is 7.98. The van der Waals surface area contributed by atoms with Crippen LogP contribution in [0, 0.1) is 5.82 Å². The third-order valence-corrected chi connectivity index (χ3v) is 5.55. The Kier molecular flexibility index (Phi) is 7.50. The van der Waals surface area contributed by atoms with Crippen LogP contribution in [0.15, 0.2) is 59.2 Å². The normalized spacial score (nSPS) is 19.0. The Balaban J connectivity index is 1.69. The van der Waals surface area contributed by atoms with Crippen LogP contribution in [0.1, 0.15) is 33.3 Å². The van der Waals surface area contributed by atoms with Crippen molar-refractivity contribution < 1.29 is 23.6 Å². The number of likely N-dealkylation sites (N-methyl/N-ethyl adjacent to an activating group) is 1. The molecule has 2 aliphatic rings. The highest BCUT2D eigenvalue weighted by atomic mass is 19.1. The van der Waals surface area contributed by atoms with Gasteiger partial charge in [-0.15, -0.1) is 0 Å². The van der Waals surface area contributed by atoms with E-state index < -0.39 is 17.3 Å². The number of halogens is 1. The number of rotatable bonds is 6. The summed E-state index contributed by atoms with van der Waals surface area (Å²) in [5.41, 5.74) is 1.89. The molecular formula is C25H30FN3O4. The van der Waals surface area contributed by atoms with Gasteiger partial charge < -0.3 is 15.4 Å². The largest absolute Gasteiger partial charge is 0.476 e. The highest BCUT2D eigenvalue weighted by Crippen LogP contribution is 2.37. The maximum atomic E-state index is 15.0. The summed E-state index contributed by atoms with van der Waals surface area (Å²) in [4.78, 5) is 29.8. The predicted octanol–water partition coefficient (Wildman–Crippen LogP) is 3.80. The van der Waals surface area contributed by atoms with Crippen molar-refractivity contribution >= 4 is 17.5 Å². The quantitative estimate of drug-likeness (QED) is 0.504. The van der Waals surface area contributed by atoms with Gasteiger partial charge in [0.1, 0.15) is 11.4 Å². The number of carbonyl (C=O) groups is 2. The molecule has 7 nitrogen and oxygen atoms in total. The van der Waals surface area contributed by atoms with Gasteiger partial charge >= 0.3 is 0 Å². The second-order valence-corrected chi connectivity index (χ2v) is 8.20. The van der Waals surface area contributed by atoms with Gasteiger partial charge in [0.2, 0.25) is 0 Å². The highest BCUT2D eigenvalue weighted by molar-refractivity contribution is 6.00. The molecule has 2 heterocycles. The molecular weight excluding hydrogens is 425 g/mol. The van der Waals surface area contributed by atoms with Crippen LogP contribution in [-0.4, -0.2) is 42.7 Å². The SMILES string of the molecule is C/C=C(/C=C\C(=C/C)C1=CCN(Cc2ccc3c(c2F)NC(=O)C(C)(C)O3)OC1)C(=O)NC. The van der Waals surface area contributed by atoms with Crippen molar-refractivity contribution in [2.75, 3.05) is 25.5 Å². The lowest BCUT2D eigenvalue weighted by molar-refractivity contribution is -0.156. The minimum atomic E-state index is -1.05. The Labute approximate surface area is 193 Å². The van der Waals surface area contributed by atoms with E-state index in [1.165, 1.54) is 0 Å². The van der Waals surface area contributed by atoms with E-state index in [9.17, 15) is 9.59 Å². The summed E-state index contributed by atoms with van der Waals surface area (Å²) in [7, 11) is 1.59. The van der Waals surface area contributed by atoms with Gasteiger partial charge in [-0.25, -0.2) is 4.39 Å².